The number of imidazole rings is 1. The lowest BCUT2D eigenvalue weighted by atomic mass is 9.70. The first-order valence-corrected chi connectivity index (χ1v) is 7.68. The molecule has 1 fully saturated rings. The van der Waals surface area contributed by atoms with Crippen molar-refractivity contribution in [2.24, 2.45) is 5.41 Å². The molecule has 0 N–H and O–H groups in total. The Balaban J connectivity index is 1.80. The molecule has 1 saturated carbocycles. The van der Waals surface area contributed by atoms with E-state index in [1.54, 1.807) is 5.57 Å². The summed E-state index contributed by atoms with van der Waals surface area (Å²) in [5.74, 6) is -0.204. The molecule has 0 unspecified atom stereocenters. The predicted octanol–water partition coefficient (Wildman–Crippen LogP) is 4.67. The molecule has 2 aromatic rings. The molecule has 0 bridgehead atoms. The topological polar surface area (TPSA) is 17.8 Å². The van der Waals surface area contributed by atoms with Gasteiger partial charge in [0.2, 0.25) is 0 Å². The highest BCUT2D eigenvalue weighted by atomic mass is 19.1. The second kappa shape index (κ2) is 4.55. The van der Waals surface area contributed by atoms with E-state index in [0.29, 0.717) is 5.41 Å². The van der Waals surface area contributed by atoms with Crippen molar-refractivity contribution >= 4 is 6.08 Å². The first-order valence-electron chi connectivity index (χ1n) is 7.68. The highest BCUT2D eigenvalue weighted by Crippen LogP contribution is 2.46. The third-order valence-electron chi connectivity index (χ3n) is 5.03. The zero-order chi connectivity index (χ0) is 14.4. The van der Waals surface area contributed by atoms with Crippen LogP contribution in [0.25, 0.3) is 17.3 Å². The Morgan fingerprint density at radius 1 is 1.19 bits per heavy atom. The number of aromatic nitrogens is 2. The molecule has 0 spiro atoms. The Morgan fingerprint density at radius 3 is 2.81 bits per heavy atom. The summed E-state index contributed by atoms with van der Waals surface area (Å²) in [5.41, 5.74) is 4.99. The molecule has 1 aliphatic carbocycles. The van der Waals surface area contributed by atoms with Crippen molar-refractivity contribution in [3.63, 3.8) is 0 Å². The van der Waals surface area contributed by atoms with Gasteiger partial charge in [-0.25, -0.2) is 9.37 Å². The predicted molar refractivity (Wildman–Crippen MR) is 82.2 cm³/mol. The highest BCUT2D eigenvalue weighted by molar-refractivity contribution is 5.72. The molecule has 4 rings (SSSR count). The van der Waals surface area contributed by atoms with E-state index >= 15 is 0 Å². The number of fused-ring (bicyclic) bond motifs is 2. The summed E-state index contributed by atoms with van der Waals surface area (Å²) >= 11 is 0. The van der Waals surface area contributed by atoms with Gasteiger partial charge in [0.05, 0.1) is 17.7 Å². The van der Waals surface area contributed by atoms with Gasteiger partial charge in [-0.3, -0.25) is 0 Å². The Morgan fingerprint density at radius 2 is 2.00 bits per heavy atom. The Bertz CT molecular complexity index is 711. The Labute approximate surface area is 124 Å². The van der Waals surface area contributed by atoms with Crippen molar-refractivity contribution in [3.05, 3.63) is 47.7 Å². The molecule has 2 aliphatic rings. The van der Waals surface area contributed by atoms with Gasteiger partial charge in [0.1, 0.15) is 5.82 Å². The first-order chi connectivity index (χ1) is 10.2. The highest BCUT2D eigenvalue weighted by Gasteiger charge is 2.35. The average Bonchev–Trinajstić information content (AvgIpc) is 2.87. The molecule has 3 heteroatoms. The second-order valence-electron chi connectivity index (χ2n) is 6.55. The summed E-state index contributed by atoms with van der Waals surface area (Å²) in [5, 5.41) is 0. The smallest absolute Gasteiger partial charge is 0.123 e. The van der Waals surface area contributed by atoms with E-state index in [9.17, 15) is 4.39 Å². The summed E-state index contributed by atoms with van der Waals surface area (Å²) < 4.78 is 15.4. The Kier molecular flexibility index (Phi) is 2.78. The maximum atomic E-state index is 13.1. The van der Waals surface area contributed by atoms with Crippen LogP contribution in [0, 0.1) is 11.2 Å². The van der Waals surface area contributed by atoms with E-state index in [0.717, 1.165) is 17.8 Å². The molecule has 2 heterocycles. The van der Waals surface area contributed by atoms with E-state index < -0.39 is 0 Å². The van der Waals surface area contributed by atoms with E-state index in [1.165, 1.54) is 43.5 Å². The van der Waals surface area contributed by atoms with Gasteiger partial charge in [-0.2, -0.15) is 0 Å². The number of halogens is 1. The van der Waals surface area contributed by atoms with E-state index in [-0.39, 0.29) is 5.82 Å². The van der Waals surface area contributed by atoms with Crippen molar-refractivity contribution in [1.82, 2.24) is 9.55 Å². The van der Waals surface area contributed by atoms with E-state index in [4.69, 9.17) is 0 Å². The lowest BCUT2D eigenvalue weighted by molar-refractivity contribution is 0.256. The lowest BCUT2D eigenvalue weighted by Crippen LogP contribution is -2.31. The molecule has 21 heavy (non-hydrogen) atoms. The van der Waals surface area contributed by atoms with Gasteiger partial charge in [-0.15, -0.1) is 0 Å². The van der Waals surface area contributed by atoms with Crippen LogP contribution in [0.5, 0.6) is 0 Å². The van der Waals surface area contributed by atoms with E-state index in [2.05, 4.69) is 22.6 Å². The fraction of sp³-hybridized carbons (Fsp3) is 0.389. The summed E-state index contributed by atoms with van der Waals surface area (Å²) in [6.07, 6.45) is 9.34. The third kappa shape index (κ3) is 2.03. The number of hydrogen-bond acceptors (Lipinski definition) is 1. The maximum absolute atomic E-state index is 13.1. The van der Waals surface area contributed by atoms with Crippen LogP contribution in [0.4, 0.5) is 4.39 Å². The normalized spacial score (nSPS) is 24.2. The summed E-state index contributed by atoms with van der Waals surface area (Å²) in [6, 6.07) is 6.63. The number of benzene rings is 1. The fourth-order valence-electron chi connectivity index (χ4n) is 3.76. The van der Waals surface area contributed by atoms with Crippen LogP contribution in [-0.4, -0.2) is 9.55 Å². The fourth-order valence-corrected chi connectivity index (χ4v) is 3.76. The van der Waals surface area contributed by atoms with Crippen molar-refractivity contribution in [3.8, 4) is 11.3 Å². The summed E-state index contributed by atoms with van der Waals surface area (Å²) in [7, 11) is 0. The molecule has 0 radical (unpaired) electrons. The molecular weight excluding hydrogens is 263 g/mol. The lowest BCUT2D eigenvalue weighted by Gasteiger charge is -2.40. The summed E-state index contributed by atoms with van der Waals surface area (Å²) in [6.45, 7) is 3.39. The Hall–Kier alpha value is -1.90. The van der Waals surface area contributed by atoms with Gasteiger partial charge in [-0.05, 0) is 49.6 Å². The zero-order valence-corrected chi connectivity index (χ0v) is 12.3. The van der Waals surface area contributed by atoms with Crippen molar-refractivity contribution in [2.45, 2.75) is 39.2 Å². The number of hydrogen-bond donors (Lipinski definition) is 0. The van der Waals surface area contributed by atoms with Crippen LogP contribution >= 0.6 is 0 Å². The minimum Gasteiger partial charge on any atom is -0.330 e. The molecular formula is C18H19FN2. The molecule has 1 aliphatic heterocycles. The monoisotopic (exact) mass is 282 g/mol. The van der Waals surface area contributed by atoms with Gasteiger partial charge in [-0.1, -0.05) is 18.9 Å². The van der Waals surface area contributed by atoms with Crippen LogP contribution in [0.15, 0.2) is 36.2 Å². The van der Waals surface area contributed by atoms with Gasteiger partial charge in [0.25, 0.3) is 0 Å². The number of rotatable bonds is 1. The second-order valence-corrected chi connectivity index (χ2v) is 6.55. The molecule has 2 nitrogen and oxygen atoms in total. The van der Waals surface area contributed by atoms with Gasteiger partial charge in [0.15, 0.2) is 0 Å². The molecule has 0 amide bonds. The molecule has 108 valence electrons. The minimum atomic E-state index is -0.204. The molecule has 1 aromatic heterocycles. The molecule has 0 saturated heterocycles. The third-order valence-corrected chi connectivity index (χ3v) is 5.03. The molecule has 1 aromatic carbocycles. The van der Waals surface area contributed by atoms with E-state index in [1.807, 2.05) is 18.5 Å². The average molecular weight is 282 g/mol. The van der Waals surface area contributed by atoms with Crippen molar-refractivity contribution in [2.75, 3.05) is 0 Å². The molecule has 1 atom stereocenters. The standard InChI is InChI=1S/C18H19FN2/c1-18-9-3-2-4-14(18)10-16-17(20-12-21(16)11-18)13-5-7-15(19)8-6-13/h5-8,10,12H,2-4,9,11H2,1H3/t18-/m0/s1. The maximum Gasteiger partial charge on any atom is 0.123 e. The largest absolute Gasteiger partial charge is 0.330 e. The van der Waals surface area contributed by atoms with Crippen molar-refractivity contribution < 1.29 is 4.39 Å². The quantitative estimate of drug-likeness (QED) is 0.743. The number of nitrogens with zero attached hydrogens (tertiary/aromatic N) is 2. The van der Waals surface area contributed by atoms with Gasteiger partial charge >= 0.3 is 0 Å². The van der Waals surface area contributed by atoms with Crippen molar-refractivity contribution in [1.29, 1.82) is 0 Å². The van der Waals surface area contributed by atoms with Crippen LogP contribution < -0.4 is 0 Å². The first kappa shape index (κ1) is 12.8. The van der Waals surface area contributed by atoms with Crippen LogP contribution in [0.2, 0.25) is 0 Å². The van der Waals surface area contributed by atoms with Gasteiger partial charge in [0, 0.05) is 17.5 Å². The SMILES string of the molecule is C[C@@]12CCCCC1=Cc1c(-c3ccc(F)cc3)ncn1C2. The van der Waals surface area contributed by atoms with Crippen LogP contribution in [-0.2, 0) is 6.54 Å². The summed E-state index contributed by atoms with van der Waals surface area (Å²) in [4.78, 5) is 4.58. The van der Waals surface area contributed by atoms with Crippen LogP contribution in [0.1, 0.15) is 38.3 Å². The minimum absolute atomic E-state index is 0.204. The zero-order valence-electron chi connectivity index (χ0n) is 12.3. The number of allylic oxidation sites excluding steroid dienone is 1. The van der Waals surface area contributed by atoms with Gasteiger partial charge < -0.3 is 4.57 Å². The van der Waals surface area contributed by atoms with Crippen LogP contribution in [0.3, 0.4) is 0 Å².